The van der Waals surface area contributed by atoms with E-state index in [-0.39, 0.29) is 0 Å². The highest BCUT2D eigenvalue weighted by molar-refractivity contribution is 5.90. The molecule has 0 saturated heterocycles. The smallest absolute Gasteiger partial charge is 0.366 e. The minimum atomic E-state index is -1.35. The van der Waals surface area contributed by atoms with E-state index in [4.69, 9.17) is 5.11 Å². The van der Waals surface area contributed by atoms with Gasteiger partial charge in [-0.05, 0) is 0 Å². The first-order valence-corrected chi connectivity index (χ1v) is 2.62. The monoisotopic (exact) mass is 162 g/mol. The third-order valence-electron chi connectivity index (χ3n) is 0.548. The van der Waals surface area contributed by atoms with Crippen molar-refractivity contribution in [3.63, 3.8) is 0 Å². The zero-order valence-electron chi connectivity index (χ0n) is 5.70. The molecule has 0 fully saturated rings. The maximum absolute atomic E-state index is 10.3. The van der Waals surface area contributed by atoms with Crippen LogP contribution in [-0.4, -0.2) is 23.0 Å². The van der Waals surface area contributed by atoms with Gasteiger partial charge in [0.1, 0.15) is 6.42 Å². The number of carboxylic acid groups (broad SMARTS) is 1. The fraction of sp³-hybridized carbons (Fsp3) is 0.400. The molecule has 0 aromatic rings. The Balaban J connectivity index is 3.53. The van der Waals surface area contributed by atoms with E-state index in [2.05, 4.69) is 9.78 Å². The van der Waals surface area contributed by atoms with Crippen LogP contribution in [0.5, 0.6) is 0 Å². The Morgan fingerprint density at radius 1 is 1.27 bits per heavy atom. The van der Waals surface area contributed by atoms with Crippen LogP contribution < -0.4 is 0 Å². The maximum atomic E-state index is 10.3. The molecule has 0 aliphatic carbocycles. The molecule has 0 spiro atoms. The lowest BCUT2D eigenvalue weighted by molar-refractivity contribution is -0.257. The van der Waals surface area contributed by atoms with E-state index in [1.807, 2.05) is 0 Å². The predicted octanol–water partition coefficient (Wildman–Crippen LogP) is -0.518. The molecule has 0 heterocycles. The lowest BCUT2D eigenvalue weighted by Gasteiger charge is -1.96. The van der Waals surface area contributed by atoms with Crippen LogP contribution in [0, 0.1) is 0 Å². The standard InChI is InChI=1S/C5H6O6/c1-3(6)10-11-5(9)2-4(7)8/h2H2,1H3,(H,7,8). The minimum Gasteiger partial charge on any atom is -0.481 e. The number of hydrogen-bond acceptors (Lipinski definition) is 5. The summed E-state index contributed by atoms with van der Waals surface area (Å²) in [7, 11) is 0. The molecule has 0 rings (SSSR count). The van der Waals surface area contributed by atoms with Crippen LogP contribution >= 0.6 is 0 Å². The van der Waals surface area contributed by atoms with Crippen LogP contribution in [0.25, 0.3) is 0 Å². The summed E-state index contributed by atoms with van der Waals surface area (Å²) in [6.07, 6.45) is -0.826. The number of aliphatic carboxylic acids is 1. The fourth-order valence-electron chi connectivity index (χ4n) is 0.258. The topological polar surface area (TPSA) is 89.9 Å². The Morgan fingerprint density at radius 3 is 2.18 bits per heavy atom. The first kappa shape index (κ1) is 9.41. The molecule has 0 saturated carbocycles. The van der Waals surface area contributed by atoms with Gasteiger partial charge >= 0.3 is 17.9 Å². The van der Waals surface area contributed by atoms with Crippen molar-refractivity contribution in [3.05, 3.63) is 0 Å². The van der Waals surface area contributed by atoms with Crippen molar-refractivity contribution < 1.29 is 29.3 Å². The number of carboxylic acids is 1. The predicted molar refractivity (Wildman–Crippen MR) is 30.1 cm³/mol. The van der Waals surface area contributed by atoms with Gasteiger partial charge in [0.2, 0.25) is 0 Å². The molecule has 6 nitrogen and oxygen atoms in total. The van der Waals surface area contributed by atoms with E-state index >= 15 is 0 Å². The van der Waals surface area contributed by atoms with Crippen molar-refractivity contribution in [2.45, 2.75) is 13.3 Å². The Morgan fingerprint density at radius 2 is 1.82 bits per heavy atom. The van der Waals surface area contributed by atoms with Crippen LogP contribution in [0.1, 0.15) is 13.3 Å². The molecule has 0 radical (unpaired) electrons. The van der Waals surface area contributed by atoms with Crippen molar-refractivity contribution in [1.29, 1.82) is 0 Å². The number of carbonyl (C=O) groups is 3. The van der Waals surface area contributed by atoms with E-state index < -0.39 is 24.3 Å². The SMILES string of the molecule is CC(=O)OOC(=O)CC(=O)O. The van der Waals surface area contributed by atoms with Crippen LogP contribution in [0.4, 0.5) is 0 Å². The summed E-state index contributed by atoms with van der Waals surface area (Å²) in [5.74, 6) is -3.28. The molecule has 0 bridgehead atoms. The van der Waals surface area contributed by atoms with Gasteiger partial charge in [-0.25, -0.2) is 19.4 Å². The maximum Gasteiger partial charge on any atom is 0.366 e. The lowest BCUT2D eigenvalue weighted by Crippen LogP contribution is -2.12. The van der Waals surface area contributed by atoms with Gasteiger partial charge in [0.25, 0.3) is 0 Å². The second-order valence-corrected chi connectivity index (χ2v) is 1.60. The van der Waals surface area contributed by atoms with Gasteiger partial charge in [0.05, 0.1) is 0 Å². The van der Waals surface area contributed by atoms with Crippen molar-refractivity contribution in [3.8, 4) is 0 Å². The highest BCUT2D eigenvalue weighted by atomic mass is 17.2. The van der Waals surface area contributed by atoms with E-state index in [9.17, 15) is 14.4 Å². The van der Waals surface area contributed by atoms with Gasteiger partial charge in [-0.2, -0.15) is 0 Å². The van der Waals surface area contributed by atoms with Crippen molar-refractivity contribution in [2.75, 3.05) is 0 Å². The fourth-order valence-corrected chi connectivity index (χ4v) is 0.258. The second-order valence-electron chi connectivity index (χ2n) is 1.60. The van der Waals surface area contributed by atoms with Crippen molar-refractivity contribution in [2.24, 2.45) is 0 Å². The van der Waals surface area contributed by atoms with Gasteiger partial charge in [0.15, 0.2) is 0 Å². The molecule has 0 aliphatic rings. The summed E-state index contributed by atoms with van der Waals surface area (Å²) in [6, 6.07) is 0. The molecule has 0 atom stereocenters. The molecule has 1 N–H and O–H groups in total. The highest BCUT2D eigenvalue weighted by Gasteiger charge is 2.10. The number of hydrogen-bond donors (Lipinski definition) is 1. The zero-order valence-corrected chi connectivity index (χ0v) is 5.70. The average Bonchev–Trinajstić information content (AvgIpc) is 1.82. The van der Waals surface area contributed by atoms with Gasteiger partial charge in [0, 0.05) is 6.92 Å². The van der Waals surface area contributed by atoms with E-state index in [1.165, 1.54) is 0 Å². The van der Waals surface area contributed by atoms with E-state index in [0.29, 0.717) is 0 Å². The Kier molecular flexibility index (Phi) is 3.65. The van der Waals surface area contributed by atoms with Gasteiger partial charge in [-0.1, -0.05) is 0 Å². The first-order valence-electron chi connectivity index (χ1n) is 2.62. The molecule has 0 aliphatic heterocycles. The quantitative estimate of drug-likeness (QED) is 0.334. The normalized spacial score (nSPS) is 8.45. The van der Waals surface area contributed by atoms with Gasteiger partial charge in [-0.3, -0.25) is 4.79 Å². The molecule has 6 heteroatoms. The Bertz CT molecular complexity index is 183. The van der Waals surface area contributed by atoms with Crippen LogP contribution in [0.3, 0.4) is 0 Å². The summed E-state index contributed by atoms with van der Waals surface area (Å²) in [6.45, 7) is 1.02. The number of carbonyl (C=O) groups excluding carboxylic acids is 2. The molecule has 11 heavy (non-hydrogen) atoms. The molecular weight excluding hydrogens is 156 g/mol. The second kappa shape index (κ2) is 4.26. The molecule has 62 valence electrons. The highest BCUT2D eigenvalue weighted by Crippen LogP contribution is 1.87. The molecule has 0 aromatic heterocycles. The Labute approximate surface area is 61.6 Å². The third-order valence-corrected chi connectivity index (χ3v) is 0.548. The molecular formula is C5H6O6. The number of rotatable bonds is 2. The zero-order chi connectivity index (χ0) is 8.85. The van der Waals surface area contributed by atoms with Gasteiger partial charge < -0.3 is 5.11 Å². The summed E-state index contributed by atoms with van der Waals surface area (Å²) >= 11 is 0. The van der Waals surface area contributed by atoms with Crippen LogP contribution in [0.15, 0.2) is 0 Å². The summed E-state index contributed by atoms with van der Waals surface area (Å²) in [5.41, 5.74) is 0. The average molecular weight is 162 g/mol. The lowest BCUT2D eigenvalue weighted by atomic mass is 10.5. The first-order chi connectivity index (χ1) is 5.02. The van der Waals surface area contributed by atoms with Gasteiger partial charge in [-0.15, -0.1) is 0 Å². The van der Waals surface area contributed by atoms with E-state index in [0.717, 1.165) is 6.92 Å². The van der Waals surface area contributed by atoms with Crippen molar-refractivity contribution in [1.82, 2.24) is 0 Å². The molecule has 0 aromatic carbocycles. The summed E-state index contributed by atoms with van der Waals surface area (Å²) in [5, 5.41) is 8.01. The third kappa shape index (κ3) is 6.29. The largest absolute Gasteiger partial charge is 0.481 e. The van der Waals surface area contributed by atoms with Crippen LogP contribution in [0.2, 0.25) is 0 Å². The molecule has 0 unspecified atom stereocenters. The summed E-state index contributed by atoms with van der Waals surface area (Å²) in [4.78, 5) is 37.6. The summed E-state index contributed by atoms with van der Waals surface area (Å²) < 4.78 is 0. The van der Waals surface area contributed by atoms with E-state index in [1.54, 1.807) is 0 Å². The van der Waals surface area contributed by atoms with Crippen LogP contribution in [-0.2, 0) is 24.2 Å². The Hall–Kier alpha value is -1.59. The minimum absolute atomic E-state index is 0.816. The molecule has 0 amide bonds. The van der Waals surface area contributed by atoms with Crippen molar-refractivity contribution >= 4 is 17.9 Å².